The second-order valence-corrected chi connectivity index (χ2v) is 9.59. The highest BCUT2D eigenvalue weighted by molar-refractivity contribution is 5.98. The number of fused-ring (bicyclic) bond motifs is 6. The lowest BCUT2D eigenvalue weighted by Gasteiger charge is -2.41. The number of hydrogen-bond acceptors (Lipinski definition) is 4. The van der Waals surface area contributed by atoms with Crippen LogP contribution in [0, 0.1) is 24.7 Å². The van der Waals surface area contributed by atoms with E-state index in [2.05, 4.69) is 59.6 Å². The summed E-state index contributed by atoms with van der Waals surface area (Å²) in [4.78, 5) is 7.59. The Balaban J connectivity index is 1.37. The molecule has 1 aromatic rings. The molecule has 0 aromatic heterocycles. The van der Waals surface area contributed by atoms with Crippen molar-refractivity contribution in [3.05, 3.63) is 59.3 Å². The van der Waals surface area contributed by atoms with E-state index in [1.165, 1.54) is 54.6 Å². The number of aliphatic imine (C=N–C) groups is 1. The lowest BCUT2D eigenvalue weighted by Crippen LogP contribution is -2.49. The number of allylic oxidation sites excluding steroid dienone is 3. The predicted molar refractivity (Wildman–Crippen MR) is 122 cm³/mol. The lowest BCUT2D eigenvalue weighted by atomic mass is 9.84. The van der Waals surface area contributed by atoms with Gasteiger partial charge in [-0.25, -0.2) is 0 Å². The normalized spacial score (nSPS) is 32.6. The van der Waals surface area contributed by atoms with Crippen LogP contribution in [0.25, 0.3) is 5.57 Å². The smallest absolute Gasteiger partial charge is 0.124 e. The number of nitrogens with one attached hydrogen (secondary N) is 1. The Labute approximate surface area is 179 Å². The van der Waals surface area contributed by atoms with E-state index in [1.807, 2.05) is 0 Å². The molecule has 3 aliphatic heterocycles. The molecule has 4 nitrogen and oxygen atoms in total. The van der Waals surface area contributed by atoms with E-state index in [0.29, 0.717) is 12.0 Å². The number of hydrogen-bond donors (Lipinski definition) is 1. The molecule has 156 valence electrons. The molecule has 2 fully saturated rings. The summed E-state index contributed by atoms with van der Waals surface area (Å²) in [6.45, 7) is 6.04. The predicted octanol–water partition coefficient (Wildman–Crippen LogP) is 4.33. The van der Waals surface area contributed by atoms with Crippen molar-refractivity contribution in [2.75, 3.05) is 26.2 Å². The molecule has 3 heterocycles. The van der Waals surface area contributed by atoms with Crippen molar-refractivity contribution >= 4 is 11.4 Å². The molecule has 0 radical (unpaired) electrons. The van der Waals surface area contributed by atoms with Gasteiger partial charge in [0.25, 0.3) is 0 Å². The summed E-state index contributed by atoms with van der Waals surface area (Å²) in [6, 6.07) is 7.07. The molecule has 30 heavy (non-hydrogen) atoms. The van der Waals surface area contributed by atoms with Gasteiger partial charge in [0.2, 0.25) is 0 Å². The first-order valence-corrected chi connectivity index (χ1v) is 11.6. The largest absolute Gasteiger partial charge is 0.492 e. The average molecular weight is 402 g/mol. The first-order chi connectivity index (χ1) is 14.7. The van der Waals surface area contributed by atoms with Gasteiger partial charge in [-0.05, 0) is 60.9 Å². The Morgan fingerprint density at radius 3 is 3.00 bits per heavy atom. The van der Waals surface area contributed by atoms with Crippen molar-refractivity contribution in [2.24, 2.45) is 22.7 Å². The molecule has 0 amide bonds. The molecule has 1 saturated carbocycles. The lowest BCUT2D eigenvalue weighted by molar-refractivity contribution is 0.0491. The van der Waals surface area contributed by atoms with Crippen LogP contribution in [0.1, 0.15) is 36.8 Å². The van der Waals surface area contributed by atoms with Gasteiger partial charge in [-0.1, -0.05) is 37.1 Å². The van der Waals surface area contributed by atoms with Crippen molar-refractivity contribution in [2.45, 2.75) is 38.6 Å². The first-order valence-electron chi connectivity index (χ1n) is 11.6. The maximum atomic E-state index is 6.42. The molecule has 4 atom stereocenters. The zero-order valence-corrected chi connectivity index (χ0v) is 17.8. The first kappa shape index (κ1) is 18.4. The van der Waals surface area contributed by atoms with Crippen LogP contribution in [0.2, 0.25) is 0 Å². The van der Waals surface area contributed by atoms with Crippen LogP contribution in [-0.4, -0.2) is 43.0 Å². The van der Waals surface area contributed by atoms with Gasteiger partial charge in [-0.2, -0.15) is 0 Å². The van der Waals surface area contributed by atoms with Crippen LogP contribution in [0.15, 0.2) is 53.2 Å². The molecule has 1 N–H and O–H groups in total. The number of aryl methyl sites for hydroxylation is 1. The fourth-order valence-corrected chi connectivity index (χ4v) is 6.11. The monoisotopic (exact) mass is 401 g/mol. The molecule has 1 saturated heterocycles. The zero-order chi connectivity index (χ0) is 20.1. The summed E-state index contributed by atoms with van der Waals surface area (Å²) in [7, 11) is 0. The molecule has 5 aliphatic rings. The van der Waals surface area contributed by atoms with E-state index in [-0.39, 0.29) is 0 Å². The Hall–Kier alpha value is -2.33. The molecule has 4 bridgehead atoms. The molecular weight excluding hydrogens is 370 g/mol. The third kappa shape index (κ3) is 3.22. The molecule has 0 spiro atoms. The van der Waals surface area contributed by atoms with E-state index in [0.717, 1.165) is 43.1 Å². The number of amidine groups is 1. The molecular formula is C26H31N3O. The average Bonchev–Trinajstić information content (AvgIpc) is 3.38. The minimum atomic E-state index is 0.321. The molecule has 1 aromatic carbocycles. The van der Waals surface area contributed by atoms with Crippen molar-refractivity contribution in [3.8, 4) is 5.75 Å². The van der Waals surface area contributed by atoms with E-state index in [4.69, 9.17) is 9.73 Å². The number of nitrogens with zero attached hydrogens (tertiary/aromatic N) is 2. The van der Waals surface area contributed by atoms with Crippen LogP contribution in [0.4, 0.5) is 0 Å². The van der Waals surface area contributed by atoms with Crippen LogP contribution in [0.5, 0.6) is 5.75 Å². The third-order valence-electron chi connectivity index (χ3n) is 7.81. The van der Waals surface area contributed by atoms with Crippen LogP contribution in [-0.2, 0) is 0 Å². The van der Waals surface area contributed by atoms with Gasteiger partial charge in [-0.3, -0.25) is 9.89 Å². The Morgan fingerprint density at radius 1 is 1.13 bits per heavy atom. The summed E-state index contributed by atoms with van der Waals surface area (Å²) in [6.07, 6.45) is 14.4. The highest BCUT2D eigenvalue weighted by Gasteiger charge is 2.38. The van der Waals surface area contributed by atoms with Gasteiger partial charge in [-0.15, -0.1) is 0 Å². The van der Waals surface area contributed by atoms with Gasteiger partial charge in [0.15, 0.2) is 0 Å². The Bertz CT molecular complexity index is 972. The van der Waals surface area contributed by atoms with Crippen LogP contribution >= 0.6 is 0 Å². The van der Waals surface area contributed by atoms with Crippen molar-refractivity contribution in [1.82, 2.24) is 10.2 Å². The van der Waals surface area contributed by atoms with Crippen LogP contribution < -0.4 is 10.1 Å². The maximum Gasteiger partial charge on any atom is 0.124 e. The second-order valence-electron chi connectivity index (χ2n) is 9.59. The number of piperidine rings is 1. The van der Waals surface area contributed by atoms with Crippen LogP contribution in [0.3, 0.4) is 0 Å². The van der Waals surface area contributed by atoms with Gasteiger partial charge in [0, 0.05) is 36.3 Å². The zero-order valence-electron chi connectivity index (χ0n) is 17.8. The van der Waals surface area contributed by atoms with Gasteiger partial charge in [0.05, 0.1) is 6.54 Å². The maximum absolute atomic E-state index is 6.42. The van der Waals surface area contributed by atoms with Gasteiger partial charge >= 0.3 is 0 Å². The summed E-state index contributed by atoms with van der Waals surface area (Å²) in [5.74, 6) is 4.08. The summed E-state index contributed by atoms with van der Waals surface area (Å²) in [5, 5.41) is 3.64. The second kappa shape index (κ2) is 7.42. The Kier molecular flexibility index (Phi) is 4.56. The minimum absolute atomic E-state index is 0.321. The Morgan fingerprint density at radius 2 is 2.03 bits per heavy atom. The highest BCUT2D eigenvalue weighted by atomic mass is 16.5. The number of rotatable bonds is 0. The third-order valence-corrected chi connectivity index (χ3v) is 7.81. The van der Waals surface area contributed by atoms with Crippen molar-refractivity contribution in [3.63, 3.8) is 0 Å². The van der Waals surface area contributed by atoms with E-state index < -0.39 is 0 Å². The number of ether oxygens (including phenoxy) is 1. The summed E-state index contributed by atoms with van der Waals surface area (Å²) >= 11 is 0. The summed E-state index contributed by atoms with van der Waals surface area (Å²) < 4.78 is 6.42. The van der Waals surface area contributed by atoms with Crippen molar-refractivity contribution in [1.29, 1.82) is 0 Å². The molecule has 3 unspecified atom stereocenters. The van der Waals surface area contributed by atoms with Crippen molar-refractivity contribution < 1.29 is 4.74 Å². The highest BCUT2D eigenvalue weighted by Crippen LogP contribution is 2.40. The van der Waals surface area contributed by atoms with E-state index in [9.17, 15) is 0 Å². The fourth-order valence-electron chi connectivity index (χ4n) is 6.11. The van der Waals surface area contributed by atoms with E-state index in [1.54, 1.807) is 0 Å². The molecule has 4 heteroatoms. The molecule has 6 rings (SSSR count). The van der Waals surface area contributed by atoms with E-state index >= 15 is 0 Å². The summed E-state index contributed by atoms with van der Waals surface area (Å²) in [5.41, 5.74) is 5.06. The topological polar surface area (TPSA) is 36.9 Å². The van der Waals surface area contributed by atoms with Gasteiger partial charge < -0.3 is 10.1 Å². The van der Waals surface area contributed by atoms with Gasteiger partial charge in [0.1, 0.15) is 18.2 Å². The minimum Gasteiger partial charge on any atom is -0.492 e. The number of benzene rings is 1. The fraction of sp³-hybridized carbons (Fsp3) is 0.500. The SMILES string of the molecule is Cc1ccc2cc1C1=C3NC(=NCCN4CC5CCCC5C[C@@H]4CO2)C=CC3C=C1. The quantitative estimate of drug-likeness (QED) is 0.703. The molecule has 2 aliphatic carbocycles. The standard InChI is InChI=1S/C26H31N3O/c1-17-5-8-22-14-24(17)23-9-6-18-7-10-25(28-26(18)23)27-11-12-29-15-20-4-2-3-19(20)13-21(29)16-30-22/h5-10,14,18-21H,2-4,11-13,15-16H2,1H3,(H,27,28)/t18?,19?,20?,21-/m1/s1.